The Morgan fingerprint density at radius 1 is 0.933 bits per heavy atom. The van der Waals surface area contributed by atoms with Crippen molar-refractivity contribution in [2.45, 2.75) is 77.7 Å². The molecule has 0 radical (unpaired) electrons. The summed E-state index contributed by atoms with van der Waals surface area (Å²) in [5, 5.41) is 15.9. The van der Waals surface area contributed by atoms with Gasteiger partial charge in [-0.15, -0.1) is 11.3 Å². The molecule has 1 aliphatic rings. The lowest BCUT2D eigenvalue weighted by Gasteiger charge is -2.15. The predicted octanol–water partition coefficient (Wildman–Crippen LogP) is 6.93. The fourth-order valence-corrected chi connectivity index (χ4v) is 7.39. The van der Waals surface area contributed by atoms with Gasteiger partial charge in [-0.2, -0.15) is 0 Å². The quantitative estimate of drug-likeness (QED) is 0.109. The molecule has 0 saturated carbocycles. The number of nitrogens with one attached hydrogen (secondary N) is 3. The first kappa shape index (κ1) is 30.5. The molecular weight excluding hydrogens is 584 g/mol. The molecule has 0 saturated heterocycles. The van der Waals surface area contributed by atoms with Crippen molar-refractivity contribution in [3.8, 4) is 0 Å². The summed E-state index contributed by atoms with van der Waals surface area (Å²) in [6.45, 7) is 2.65. The van der Waals surface area contributed by atoms with E-state index < -0.39 is 5.91 Å². The minimum atomic E-state index is -0.525. The van der Waals surface area contributed by atoms with Crippen LogP contribution in [-0.4, -0.2) is 25.8 Å². The summed E-state index contributed by atoms with van der Waals surface area (Å²) in [5.74, 6) is -0.795. The Balaban J connectivity index is 1.39. The maximum absolute atomic E-state index is 14.0. The molecule has 0 fully saturated rings. The second-order valence-electron chi connectivity index (χ2n) is 11.6. The number of fused-ring (bicyclic) bond motifs is 3. The SMILES string of the molecule is CCCCCCCCn1c(=N)c(C(=O)Nc2sc3c(c2C(=O)Nc2ccccc2)CCCC3)cc2c(=O)n3ccccc3nc21. The van der Waals surface area contributed by atoms with E-state index in [2.05, 4.69) is 17.6 Å². The van der Waals surface area contributed by atoms with Gasteiger partial charge in [-0.05, 0) is 68.0 Å². The predicted molar refractivity (Wildman–Crippen MR) is 179 cm³/mol. The molecule has 1 aromatic carbocycles. The van der Waals surface area contributed by atoms with Gasteiger partial charge in [0.15, 0.2) is 0 Å². The van der Waals surface area contributed by atoms with Gasteiger partial charge in [0.2, 0.25) is 0 Å². The van der Waals surface area contributed by atoms with Crippen LogP contribution in [-0.2, 0) is 19.4 Å². The fourth-order valence-electron chi connectivity index (χ4n) is 6.11. The summed E-state index contributed by atoms with van der Waals surface area (Å²) >= 11 is 1.43. The first-order valence-electron chi connectivity index (χ1n) is 15.9. The number of benzene rings is 1. The molecule has 0 bridgehead atoms. The van der Waals surface area contributed by atoms with E-state index in [0.29, 0.717) is 34.1 Å². The van der Waals surface area contributed by atoms with Gasteiger partial charge in [-0.3, -0.25) is 24.2 Å². The van der Waals surface area contributed by atoms with E-state index in [0.717, 1.165) is 68.2 Å². The van der Waals surface area contributed by atoms with E-state index in [-0.39, 0.29) is 27.9 Å². The number of pyridine rings is 2. The number of anilines is 2. The van der Waals surface area contributed by atoms with Crippen LogP contribution in [0.3, 0.4) is 0 Å². The van der Waals surface area contributed by atoms with Gasteiger partial charge in [0.25, 0.3) is 17.4 Å². The highest BCUT2D eigenvalue weighted by Gasteiger charge is 2.27. The van der Waals surface area contributed by atoms with Crippen molar-refractivity contribution in [3.05, 3.63) is 98.2 Å². The highest BCUT2D eigenvalue weighted by molar-refractivity contribution is 7.17. The third-order valence-electron chi connectivity index (χ3n) is 8.46. The van der Waals surface area contributed by atoms with Crippen molar-refractivity contribution < 1.29 is 9.59 Å². The van der Waals surface area contributed by atoms with Crippen molar-refractivity contribution >= 4 is 50.5 Å². The molecule has 45 heavy (non-hydrogen) atoms. The first-order chi connectivity index (χ1) is 22.0. The van der Waals surface area contributed by atoms with E-state index in [1.54, 1.807) is 22.9 Å². The fraction of sp³-hybridized carbons (Fsp3) is 0.343. The van der Waals surface area contributed by atoms with Crippen LogP contribution in [0.4, 0.5) is 10.7 Å². The second-order valence-corrected chi connectivity index (χ2v) is 12.7. The molecule has 6 rings (SSSR count). The van der Waals surface area contributed by atoms with E-state index in [1.807, 2.05) is 36.4 Å². The molecule has 0 atom stereocenters. The Bertz CT molecular complexity index is 1990. The zero-order valence-corrected chi connectivity index (χ0v) is 26.3. The molecule has 9 nitrogen and oxygen atoms in total. The molecule has 4 heterocycles. The molecule has 0 unspecified atom stereocenters. The number of aryl methyl sites for hydroxylation is 2. The molecule has 3 N–H and O–H groups in total. The van der Waals surface area contributed by atoms with E-state index in [9.17, 15) is 14.4 Å². The molecule has 2 amide bonds. The topological polar surface area (TPSA) is 121 Å². The number of amides is 2. The maximum Gasteiger partial charge on any atom is 0.267 e. The number of rotatable bonds is 11. The first-order valence-corrected chi connectivity index (χ1v) is 16.7. The smallest absolute Gasteiger partial charge is 0.267 e. The summed E-state index contributed by atoms with van der Waals surface area (Å²) in [7, 11) is 0. The van der Waals surface area contributed by atoms with Crippen LogP contribution in [0.15, 0.2) is 65.6 Å². The van der Waals surface area contributed by atoms with E-state index >= 15 is 0 Å². The summed E-state index contributed by atoms with van der Waals surface area (Å²) in [4.78, 5) is 47.1. The Labute approximate surface area is 265 Å². The number of nitrogens with zero attached hydrogens (tertiary/aromatic N) is 3. The zero-order valence-electron chi connectivity index (χ0n) is 25.5. The van der Waals surface area contributed by atoms with Crippen LogP contribution >= 0.6 is 11.3 Å². The Hall–Kier alpha value is -4.57. The van der Waals surface area contributed by atoms with Gasteiger partial charge >= 0.3 is 0 Å². The van der Waals surface area contributed by atoms with Crippen LogP contribution in [0.1, 0.15) is 89.4 Å². The summed E-state index contributed by atoms with van der Waals surface area (Å²) in [6, 6.07) is 16.1. The monoisotopic (exact) mass is 622 g/mol. The van der Waals surface area contributed by atoms with E-state index in [1.165, 1.54) is 28.2 Å². The highest BCUT2D eigenvalue weighted by Crippen LogP contribution is 2.38. The number of hydrogen-bond acceptors (Lipinski definition) is 6. The molecule has 232 valence electrons. The number of thiophene rings is 1. The third kappa shape index (κ3) is 6.33. The molecule has 5 aromatic rings. The number of para-hydroxylation sites is 1. The Kier molecular flexibility index (Phi) is 9.21. The van der Waals surface area contributed by atoms with Crippen LogP contribution < -0.4 is 21.7 Å². The lowest BCUT2D eigenvalue weighted by atomic mass is 9.95. The molecule has 10 heteroatoms. The highest BCUT2D eigenvalue weighted by atomic mass is 32.1. The van der Waals surface area contributed by atoms with Gasteiger partial charge in [-0.1, -0.05) is 63.3 Å². The Morgan fingerprint density at radius 3 is 2.51 bits per heavy atom. The van der Waals surface area contributed by atoms with Crippen molar-refractivity contribution in [3.63, 3.8) is 0 Å². The van der Waals surface area contributed by atoms with Crippen molar-refractivity contribution in [2.24, 2.45) is 0 Å². The number of hydrogen-bond donors (Lipinski definition) is 3. The molecule has 1 aliphatic carbocycles. The van der Waals surface area contributed by atoms with Crippen LogP contribution in [0.2, 0.25) is 0 Å². The van der Waals surface area contributed by atoms with Crippen LogP contribution in [0.25, 0.3) is 16.7 Å². The van der Waals surface area contributed by atoms with Gasteiger partial charge in [-0.25, -0.2) is 4.98 Å². The van der Waals surface area contributed by atoms with Crippen LogP contribution in [0, 0.1) is 5.41 Å². The summed E-state index contributed by atoms with van der Waals surface area (Å²) < 4.78 is 3.16. The third-order valence-corrected chi connectivity index (χ3v) is 9.66. The standard InChI is InChI=1S/C35H38N6O3S/c1-2-3-4-5-6-13-21-41-30(36)25(22-26-31(41)38-28-19-12-14-20-40(28)35(26)44)32(42)39-34-29(24-17-10-11-18-27(24)45-34)33(43)37-23-15-8-7-9-16-23/h7-9,12,14-16,19-20,22,36H,2-6,10-11,13,17-18,21H2,1H3,(H,37,43)(H,39,42). The summed E-state index contributed by atoms with van der Waals surface area (Å²) in [6.07, 6.45) is 11.7. The number of carbonyl (C=O) groups is 2. The number of carbonyl (C=O) groups excluding carboxylic acids is 2. The van der Waals surface area contributed by atoms with Crippen molar-refractivity contribution in [1.29, 1.82) is 5.41 Å². The van der Waals surface area contributed by atoms with Crippen LogP contribution in [0.5, 0.6) is 0 Å². The lowest BCUT2D eigenvalue weighted by molar-refractivity contribution is 0.102. The lowest BCUT2D eigenvalue weighted by Crippen LogP contribution is -2.32. The number of aromatic nitrogens is 3. The maximum atomic E-state index is 14.0. The minimum Gasteiger partial charge on any atom is -0.322 e. The summed E-state index contributed by atoms with van der Waals surface area (Å²) in [5.41, 5.74) is 2.79. The Morgan fingerprint density at radius 2 is 1.69 bits per heavy atom. The minimum absolute atomic E-state index is 0.00246. The normalized spacial score (nSPS) is 12.7. The second kappa shape index (κ2) is 13.6. The van der Waals surface area contributed by atoms with Gasteiger partial charge in [0.1, 0.15) is 21.8 Å². The largest absolute Gasteiger partial charge is 0.322 e. The average molecular weight is 623 g/mol. The van der Waals surface area contributed by atoms with E-state index in [4.69, 9.17) is 10.4 Å². The molecular formula is C35H38N6O3S. The van der Waals surface area contributed by atoms with Gasteiger partial charge < -0.3 is 15.2 Å². The van der Waals surface area contributed by atoms with Crippen molar-refractivity contribution in [1.82, 2.24) is 14.0 Å². The van der Waals surface area contributed by atoms with Gasteiger partial charge in [0.05, 0.1) is 16.5 Å². The zero-order chi connectivity index (χ0) is 31.3. The molecule has 0 aliphatic heterocycles. The number of unbranched alkanes of at least 4 members (excludes halogenated alkanes) is 5. The van der Waals surface area contributed by atoms with Crippen molar-refractivity contribution in [2.75, 3.05) is 10.6 Å². The average Bonchev–Trinajstić information content (AvgIpc) is 3.42. The molecule has 0 spiro atoms. The van der Waals surface area contributed by atoms with Gasteiger partial charge in [0, 0.05) is 23.3 Å². The molecule has 4 aromatic heterocycles.